The van der Waals surface area contributed by atoms with Crippen LogP contribution in [0.25, 0.3) is 0 Å². The molecular formula is C14H16N4O2. The zero-order valence-electron chi connectivity index (χ0n) is 11.6. The van der Waals surface area contributed by atoms with E-state index in [0.29, 0.717) is 16.2 Å². The summed E-state index contributed by atoms with van der Waals surface area (Å²) in [7, 11) is 0. The fourth-order valence-corrected chi connectivity index (χ4v) is 1.58. The lowest BCUT2D eigenvalue weighted by Gasteiger charge is -2.16. The third kappa shape index (κ3) is 3.09. The monoisotopic (exact) mass is 272 g/mol. The van der Waals surface area contributed by atoms with E-state index in [2.05, 4.69) is 15.3 Å². The second kappa shape index (κ2) is 5.24. The molecule has 6 heteroatoms. The molecule has 1 N–H and O–H groups in total. The minimum absolute atomic E-state index is 0.0207. The summed E-state index contributed by atoms with van der Waals surface area (Å²) in [6, 6.07) is 4.64. The van der Waals surface area contributed by atoms with Crippen LogP contribution in [0.4, 0.5) is 5.69 Å². The van der Waals surface area contributed by atoms with E-state index < -0.39 is 5.91 Å². The smallest absolute Gasteiger partial charge is 0.321 e. The average Bonchev–Trinajstić information content (AvgIpc) is 2.38. The Morgan fingerprint density at radius 1 is 1.25 bits per heavy atom. The number of carbonyl (C=O) groups excluding carboxylic acids is 1. The molecule has 0 fully saturated rings. The van der Waals surface area contributed by atoms with Gasteiger partial charge in [0.05, 0.1) is 18.1 Å². The van der Waals surface area contributed by atoms with Crippen molar-refractivity contribution < 1.29 is 9.52 Å². The van der Waals surface area contributed by atoms with Gasteiger partial charge in [-0.15, -0.1) is 0 Å². The van der Waals surface area contributed by atoms with Crippen LogP contribution in [0.15, 0.2) is 36.8 Å². The van der Waals surface area contributed by atoms with Gasteiger partial charge in [-0.2, -0.15) is 4.73 Å². The second-order valence-corrected chi connectivity index (χ2v) is 5.41. The Morgan fingerprint density at radius 2 is 1.90 bits per heavy atom. The highest BCUT2D eigenvalue weighted by Gasteiger charge is 2.18. The molecule has 0 saturated heterocycles. The van der Waals surface area contributed by atoms with E-state index in [0.717, 1.165) is 0 Å². The van der Waals surface area contributed by atoms with E-state index in [1.54, 1.807) is 12.1 Å². The third-order valence-electron chi connectivity index (χ3n) is 2.64. The molecule has 2 aromatic rings. The SMILES string of the molecule is CC(C)(C)c1ncc(NC(=O)c2cccc[n+]2[O-])cn1. The molecule has 0 aromatic carbocycles. The summed E-state index contributed by atoms with van der Waals surface area (Å²) in [4.78, 5) is 20.3. The van der Waals surface area contributed by atoms with Gasteiger partial charge < -0.3 is 10.5 Å². The van der Waals surface area contributed by atoms with Gasteiger partial charge in [0.15, 0.2) is 6.20 Å². The molecular weight excluding hydrogens is 256 g/mol. The van der Waals surface area contributed by atoms with Gasteiger partial charge in [-0.25, -0.2) is 9.97 Å². The fraction of sp³-hybridized carbons (Fsp3) is 0.286. The average molecular weight is 272 g/mol. The molecule has 104 valence electrons. The van der Waals surface area contributed by atoms with Crippen molar-refractivity contribution in [3.63, 3.8) is 0 Å². The molecule has 0 saturated carbocycles. The third-order valence-corrected chi connectivity index (χ3v) is 2.64. The van der Waals surface area contributed by atoms with E-state index in [1.165, 1.54) is 24.7 Å². The molecule has 2 rings (SSSR count). The molecule has 2 aromatic heterocycles. The molecule has 0 aliphatic carbocycles. The summed E-state index contributed by atoms with van der Waals surface area (Å²) < 4.78 is 0.514. The molecule has 0 radical (unpaired) electrons. The van der Waals surface area contributed by atoms with Gasteiger partial charge in [0.1, 0.15) is 5.82 Å². The lowest BCUT2D eigenvalue weighted by Crippen LogP contribution is -2.36. The zero-order valence-corrected chi connectivity index (χ0v) is 11.6. The van der Waals surface area contributed by atoms with Crippen molar-refractivity contribution in [3.05, 3.63) is 53.5 Å². The number of rotatable bonds is 2. The lowest BCUT2D eigenvalue weighted by atomic mass is 9.96. The first kappa shape index (κ1) is 13.9. The number of amides is 1. The Hall–Kier alpha value is -2.50. The van der Waals surface area contributed by atoms with E-state index in [-0.39, 0.29) is 11.1 Å². The van der Waals surface area contributed by atoms with E-state index >= 15 is 0 Å². The molecule has 0 spiro atoms. The second-order valence-electron chi connectivity index (χ2n) is 5.41. The minimum Gasteiger partial charge on any atom is -0.618 e. The van der Waals surface area contributed by atoms with Crippen molar-refractivity contribution >= 4 is 11.6 Å². The fourth-order valence-electron chi connectivity index (χ4n) is 1.58. The lowest BCUT2D eigenvalue weighted by molar-refractivity contribution is -0.607. The predicted molar refractivity (Wildman–Crippen MR) is 74.1 cm³/mol. The van der Waals surface area contributed by atoms with E-state index in [1.807, 2.05) is 20.8 Å². The summed E-state index contributed by atoms with van der Waals surface area (Å²) in [6.07, 6.45) is 4.33. The maximum absolute atomic E-state index is 11.9. The Labute approximate surface area is 117 Å². The summed E-state index contributed by atoms with van der Waals surface area (Å²) in [5.74, 6) is 0.196. The number of nitrogens with zero attached hydrogens (tertiary/aromatic N) is 3. The molecule has 0 aliphatic heterocycles. The maximum atomic E-state index is 11.9. The predicted octanol–water partition coefficient (Wildman–Crippen LogP) is 1.66. The topological polar surface area (TPSA) is 81.8 Å². The minimum atomic E-state index is -0.493. The summed E-state index contributed by atoms with van der Waals surface area (Å²) >= 11 is 0. The van der Waals surface area contributed by atoms with Gasteiger partial charge in [0.25, 0.3) is 5.69 Å². The Balaban J connectivity index is 2.15. The first-order valence-corrected chi connectivity index (χ1v) is 6.20. The normalized spacial score (nSPS) is 11.2. The van der Waals surface area contributed by atoms with Crippen LogP contribution >= 0.6 is 0 Å². The van der Waals surface area contributed by atoms with Crippen LogP contribution in [-0.4, -0.2) is 15.9 Å². The van der Waals surface area contributed by atoms with Gasteiger partial charge in [-0.3, -0.25) is 4.79 Å². The van der Waals surface area contributed by atoms with Crippen molar-refractivity contribution in [2.24, 2.45) is 0 Å². The summed E-state index contributed by atoms with van der Waals surface area (Å²) in [5, 5.41) is 14.1. The number of hydrogen-bond donors (Lipinski definition) is 1. The molecule has 1 amide bonds. The van der Waals surface area contributed by atoms with Crippen molar-refractivity contribution in [2.45, 2.75) is 26.2 Å². The first-order valence-electron chi connectivity index (χ1n) is 6.20. The van der Waals surface area contributed by atoms with Gasteiger partial charge in [0, 0.05) is 17.5 Å². The molecule has 0 aliphatic rings. The zero-order chi connectivity index (χ0) is 14.8. The highest BCUT2D eigenvalue weighted by molar-refractivity contribution is 6.01. The maximum Gasteiger partial charge on any atom is 0.321 e. The van der Waals surface area contributed by atoms with Gasteiger partial charge in [-0.1, -0.05) is 20.8 Å². The van der Waals surface area contributed by atoms with Crippen LogP contribution < -0.4 is 10.0 Å². The van der Waals surface area contributed by atoms with Crippen LogP contribution in [-0.2, 0) is 5.41 Å². The van der Waals surface area contributed by atoms with Gasteiger partial charge >= 0.3 is 5.91 Å². The molecule has 0 atom stereocenters. The van der Waals surface area contributed by atoms with Crippen LogP contribution in [0, 0.1) is 5.21 Å². The van der Waals surface area contributed by atoms with Crippen LogP contribution in [0.3, 0.4) is 0 Å². The van der Waals surface area contributed by atoms with E-state index in [9.17, 15) is 10.0 Å². The van der Waals surface area contributed by atoms with Crippen LogP contribution in [0.2, 0.25) is 0 Å². The van der Waals surface area contributed by atoms with E-state index in [4.69, 9.17) is 0 Å². The number of pyridine rings is 1. The summed E-state index contributed by atoms with van der Waals surface area (Å²) in [5.41, 5.74) is 0.319. The standard InChI is InChI=1S/C14H16N4O2/c1-14(2,3)13-15-8-10(9-16-13)17-12(19)11-6-4-5-7-18(11)20/h4-9H,1-3H3,(H,17,19). The molecule has 0 bridgehead atoms. The van der Waals surface area contributed by atoms with Crippen LogP contribution in [0.1, 0.15) is 37.1 Å². The highest BCUT2D eigenvalue weighted by atomic mass is 16.5. The Kier molecular flexibility index (Phi) is 3.65. The van der Waals surface area contributed by atoms with Crippen molar-refractivity contribution in [2.75, 3.05) is 5.32 Å². The first-order chi connectivity index (χ1) is 9.38. The van der Waals surface area contributed by atoms with Gasteiger partial charge in [0.2, 0.25) is 0 Å². The van der Waals surface area contributed by atoms with Crippen molar-refractivity contribution in [1.82, 2.24) is 9.97 Å². The summed E-state index contributed by atoms with van der Waals surface area (Å²) in [6.45, 7) is 6.01. The molecule has 0 unspecified atom stereocenters. The van der Waals surface area contributed by atoms with Crippen molar-refractivity contribution in [1.29, 1.82) is 0 Å². The highest BCUT2D eigenvalue weighted by Crippen LogP contribution is 2.18. The molecule has 20 heavy (non-hydrogen) atoms. The molecule has 2 heterocycles. The number of nitrogens with one attached hydrogen (secondary N) is 1. The quantitative estimate of drug-likeness (QED) is 0.666. The van der Waals surface area contributed by atoms with Crippen molar-refractivity contribution in [3.8, 4) is 0 Å². The number of hydrogen-bond acceptors (Lipinski definition) is 4. The number of anilines is 1. The number of carbonyl (C=O) groups is 1. The van der Waals surface area contributed by atoms with Gasteiger partial charge in [-0.05, 0) is 6.07 Å². The number of aromatic nitrogens is 3. The molecule has 6 nitrogen and oxygen atoms in total. The Morgan fingerprint density at radius 3 is 2.45 bits per heavy atom. The van der Waals surface area contributed by atoms with Crippen LogP contribution in [0.5, 0.6) is 0 Å². The Bertz CT molecular complexity index is 618. The largest absolute Gasteiger partial charge is 0.618 e.